The van der Waals surface area contributed by atoms with Gasteiger partial charge in [-0.2, -0.15) is 4.31 Å². The van der Waals surface area contributed by atoms with Crippen LogP contribution >= 0.6 is 15.9 Å². The van der Waals surface area contributed by atoms with Crippen molar-refractivity contribution in [2.24, 2.45) is 0 Å². The van der Waals surface area contributed by atoms with E-state index in [1.54, 1.807) is 6.92 Å². The molecule has 0 bridgehead atoms. The Bertz CT molecular complexity index is 572. The number of aliphatic hydroxyl groups is 1. The van der Waals surface area contributed by atoms with Crippen LogP contribution in [0.5, 0.6) is 0 Å². The summed E-state index contributed by atoms with van der Waals surface area (Å²) >= 11 is 3.05. The van der Waals surface area contributed by atoms with Crippen LogP contribution in [-0.2, 0) is 10.0 Å². The lowest BCUT2D eigenvalue weighted by atomic mass is 10.2. The summed E-state index contributed by atoms with van der Waals surface area (Å²) in [7, 11) is -3.80. The molecule has 0 amide bonds. The van der Waals surface area contributed by atoms with E-state index in [4.69, 9.17) is 10.2 Å². The fourth-order valence-corrected chi connectivity index (χ4v) is 3.42. The third-order valence-corrected chi connectivity index (χ3v) is 5.17. The molecule has 6 nitrogen and oxygen atoms in total. The molecule has 0 atom stereocenters. The first kappa shape index (κ1) is 16.1. The highest BCUT2D eigenvalue weighted by Gasteiger charge is 2.24. The van der Waals surface area contributed by atoms with Crippen molar-refractivity contribution in [1.29, 1.82) is 0 Å². The summed E-state index contributed by atoms with van der Waals surface area (Å²) in [6.45, 7) is 1.51. The first-order chi connectivity index (χ1) is 8.84. The number of likely N-dealkylation sites (N-methyl/N-ethyl adjacent to an activating group) is 1. The zero-order valence-corrected chi connectivity index (χ0v) is 12.6. The maximum absolute atomic E-state index is 12.2. The molecule has 1 aromatic carbocycles. The van der Waals surface area contributed by atoms with Gasteiger partial charge in [0.25, 0.3) is 0 Å². The first-order valence-corrected chi connectivity index (χ1v) is 7.71. The summed E-state index contributed by atoms with van der Waals surface area (Å²) in [5.74, 6) is -1.21. The predicted octanol–water partition coefficient (Wildman–Crippen LogP) is 1.15. The van der Waals surface area contributed by atoms with Gasteiger partial charge < -0.3 is 10.2 Å². The van der Waals surface area contributed by atoms with Crippen LogP contribution in [0.15, 0.2) is 27.6 Å². The minimum atomic E-state index is -3.80. The third-order valence-electron chi connectivity index (χ3n) is 2.51. The SMILES string of the molecule is CCN(CCO)S(=O)(=O)c1ccc(Br)c(C(=O)O)c1. The Morgan fingerprint density at radius 3 is 2.53 bits per heavy atom. The van der Waals surface area contributed by atoms with Crippen LogP contribution in [0.25, 0.3) is 0 Å². The van der Waals surface area contributed by atoms with E-state index in [1.165, 1.54) is 12.1 Å². The van der Waals surface area contributed by atoms with Crippen molar-refractivity contribution >= 4 is 31.9 Å². The van der Waals surface area contributed by atoms with E-state index in [2.05, 4.69) is 15.9 Å². The molecule has 0 aliphatic rings. The van der Waals surface area contributed by atoms with Gasteiger partial charge in [0, 0.05) is 17.6 Å². The molecule has 2 N–H and O–H groups in total. The summed E-state index contributed by atoms with van der Waals surface area (Å²) in [6, 6.07) is 3.80. The summed E-state index contributed by atoms with van der Waals surface area (Å²) < 4.78 is 25.9. The second-order valence-electron chi connectivity index (χ2n) is 3.67. The number of hydrogen-bond donors (Lipinski definition) is 2. The average Bonchev–Trinajstić information content (AvgIpc) is 2.35. The highest BCUT2D eigenvalue weighted by Crippen LogP contribution is 2.23. The number of carbonyl (C=O) groups is 1. The van der Waals surface area contributed by atoms with Gasteiger partial charge in [-0.1, -0.05) is 6.92 Å². The minimum absolute atomic E-state index is 0.0305. The second-order valence-corrected chi connectivity index (χ2v) is 6.46. The number of carboxylic acid groups (broad SMARTS) is 1. The van der Waals surface area contributed by atoms with Crippen molar-refractivity contribution in [3.8, 4) is 0 Å². The Balaban J connectivity index is 3.29. The monoisotopic (exact) mass is 351 g/mol. The standard InChI is InChI=1S/C11H14BrNO5S/c1-2-13(5-6-14)19(17,18)8-3-4-10(12)9(7-8)11(15)16/h3-4,7,14H,2,5-6H2,1H3,(H,15,16). The van der Waals surface area contributed by atoms with Gasteiger partial charge in [-0.3, -0.25) is 0 Å². The predicted molar refractivity (Wildman–Crippen MR) is 72.6 cm³/mol. The van der Waals surface area contributed by atoms with Gasteiger partial charge in [-0.15, -0.1) is 0 Å². The zero-order valence-electron chi connectivity index (χ0n) is 10.2. The molecule has 0 heterocycles. The molecule has 1 aromatic rings. The van der Waals surface area contributed by atoms with Crippen LogP contribution in [0, 0.1) is 0 Å². The molecule has 0 saturated heterocycles. The molecule has 0 saturated carbocycles. The van der Waals surface area contributed by atoms with Gasteiger partial charge in [0.05, 0.1) is 17.1 Å². The van der Waals surface area contributed by atoms with Gasteiger partial charge in [-0.05, 0) is 34.1 Å². The van der Waals surface area contributed by atoms with Crippen LogP contribution in [0.2, 0.25) is 0 Å². The highest BCUT2D eigenvalue weighted by molar-refractivity contribution is 9.10. The van der Waals surface area contributed by atoms with Crippen molar-refractivity contribution < 1.29 is 23.4 Å². The molecule has 0 aliphatic heterocycles. The Morgan fingerprint density at radius 1 is 1.42 bits per heavy atom. The van der Waals surface area contributed by atoms with Gasteiger partial charge >= 0.3 is 5.97 Å². The van der Waals surface area contributed by atoms with E-state index < -0.39 is 16.0 Å². The lowest BCUT2D eigenvalue weighted by Crippen LogP contribution is -2.33. The summed E-state index contributed by atoms with van der Waals surface area (Å²) in [5, 5.41) is 17.8. The molecule has 0 radical (unpaired) electrons. The van der Waals surface area contributed by atoms with E-state index in [9.17, 15) is 13.2 Å². The smallest absolute Gasteiger partial charge is 0.336 e. The largest absolute Gasteiger partial charge is 0.478 e. The Morgan fingerprint density at radius 2 is 2.05 bits per heavy atom. The van der Waals surface area contributed by atoms with Gasteiger partial charge in [0.15, 0.2) is 0 Å². The lowest BCUT2D eigenvalue weighted by Gasteiger charge is -2.19. The Hall–Kier alpha value is -0.960. The number of carboxylic acids is 1. The maximum Gasteiger partial charge on any atom is 0.336 e. The maximum atomic E-state index is 12.2. The van der Waals surface area contributed by atoms with Crippen LogP contribution in [0.4, 0.5) is 0 Å². The van der Waals surface area contributed by atoms with E-state index in [-0.39, 0.29) is 30.2 Å². The summed E-state index contributed by atoms with van der Waals surface area (Å²) in [5.41, 5.74) is -0.124. The van der Waals surface area contributed by atoms with Crippen molar-refractivity contribution in [1.82, 2.24) is 4.31 Å². The molecular weight excluding hydrogens is 338 g/mol. The average molecular weight is 352 g/mol. The number of sulfonamides is 1. The van der Waals surface area contributed by atoms with Crippen molar-refractivity contribution in [2.45, 2.75) is 11.8 Å². The fourth-order valence-electron chi connectivity index (χ4n) is 1.54. The molecule has 8 heteroatoms. The number of nitrogens with zero attached hydrogens (tertiary/aromatic N) is 1. The Kier molecular flexibility index (Phi) is 5.48. The van der Waals surface area contributed by atoms with E-state index in [1.807, 2.05) is 0 Å². The molecule has 0 spiro atoms. The number of benzene rings is 1. The molecule has 1 rings (SSSR count). The number of halogens is 1. The minimum Gasteiger partial charge on any atom is -0.478 e. The Labute approximate surface area is 119 Å². The topological polar surface area (TPSA) is 94.9 Å². The molecule has 0 aliphatic carbocycles. The number of aromatic carboxylic acids is 1. The molecule has 0 aromatic heterocycles. The fraction of sp³-hybridized carbons (Fsp3) is 0.364. The van der Waals surface area contributed by atoms with Gasteiger partial charge in [-0.25, -0.2) is 13.2 Å². The van der Waals surface area contributed by atoms with Crippen molar-refractivity contribution in [3.63, 3.8) is 0 Å². The first-order valence-electron chi connectivity index (χ1n) is 5.48. The summed E-state index contributed by atoms with van der Waals surface area (Å²) in [6.07, 6.45) is 0. The summed E-state index contributed by atoms with van der Waals surface area (Å²) in [4.78, 5) is 10.9. The molecule has 0 fully saturated rings. The van der Waals surface area contributed by atoms with Crippen LogP contribution < -0.4 is 0 Å². The molecule has 0 unspecified atom stereocenters. The van der Waals surface area contributed by atoms with Crippen LogP contribution in [0.1, 0.15) is 17.3 Å². The van der Waals surface area contributed by atoms with Gasteiger partial charge in [0.2, 0.25) is 10.0 Å². The number of aliphatic hydroxyl groups excluding tert-OH is 1. The highest BCUT2D eigenvalue weighted by atomic mass is 79.9. The van der Waals surface area contributed by atoms with Crippen molar-refractivity contribution in [3.05, 3.63) is 28.2 Å². The number of rotatable bonds is 6. The molecule has 19 heavy (non-hydrogen) atoms. The van der Waals surface area contributed by atoms with E-state index in [0.717, 1.165) is 10.4 Å². The quantitative estimate of drug-likeness (QED) is 0.801. The molecule has 106 valence electrons. The number of hydrogen-bond acceptors (Lipinski definition) is 4. The second kappa shape index (κ2) is 6.47. The zero-order chi connectivity index (χ0) is 14.6. The van der Waals surface area contributed by atoms with Gasteiger partial charge in [0.1, 0.15) is 0 Å². The van der Waals surface area contributed by atoms with E-state index >= 15 is 0 Å². The van der Waals surface area contributed by atoms with Crippen molar-refractivity contribution in [2.75, 3.05) is 19.7 Å². The van der Waals surface area contributed by atoms with Crippen LogP contribution in [0.3, 0.4) is 0 Å². The normalized spacial score (nSPS) is 11.8. The van der Waals surface area contributed by atoms with Crippen LogP contribution in [-0.4, -0.2) is 48.6 Å². The van der Waals surface area contributed by atoms with E-state index in [0.29, 0.717) is 4.47 Å². The lowest BCUT2D eigenvalue weighted by molar-refractivity contribution is 0.0695. The third kappa shape index (κ3) is 3.53. The molecular formula is C11H14BrNO5S.